The number of anilines is 4. The average molecular weight is 861 g/mol. The third-order valence-corrected chi connectivity index (χ3v) is 13.0. The van der Waals surface area contributed by atoms with Gasteiger partial charge in [0.1, 0.15) is 12.4 Å². The molecular weight excluding hydrogens is 821 g/mol. The van der Waals surface area contributed by atoms with Crippen molar-refractivity contribution < 1.29 is 46.6 Å². The molecule has 4 saturated heterocycles. The van der Waals surface area contributed by atoms with Gasteiger partial charge in [-0.3, -0.25) is 29.4 Å². The average Bonchev–Trinajstić information content (AvgIpc) is 3.81. The molecule has 0 atom stereocenters. The number of urea groups is 1. The van der Waals surface area contributed by atoms with Crippen molar-refractivity contribution in [2.75, 3.05) is 72.4 Å². The third kappa shape index (κ3) is 7.87. The van der Waals surface area contributed by atoms with Gasteiger partial charge < -0.3 is 30.0 Å². The van der Waals surface area contributed by atoms with Gasteiger partial charge in [-0.15, -0.1) is 11.3 Å². The number of imide groups is 1. The van der Waals surface area contributed by atoms with E-state index in [0.717, 1.165) is 22.2 Å². The summed E-state index contributed by atoms with van der Waals surface area (Å²) in [7, 11) is 0. The van der Waals surface area contributed by atoms with Crippen LogP contribution in [0.2, 0.25) is 0 Å². The minimum absolute atomic E-state index is 0.00854. The van der Waals surface area contributed by atoms with E-state index in [1.165, 1.54) is 39.3 Å². The summed E-state index contributed by atoms with van der Waals surface area (Å²) in [6, 6.07) is 13.5. The zero-order chi connectivity index (χ0) is 42.8. The fourth-order valence-electron chi connectivity index (χ4n) is 9.02. The van der Waals surface area contributed by atoms with Crippen LogP contribution in [0, 0.1) is 11.2 Å². The third-order valence-electron chi connectivity index (χ3n) is 12.3. The molecule has 6 amide bonds. The lowest BCUT2D eigenvalue weighted by Gasteiger charge is -2.61. The van der Waals surface area contributed by atoms with Gasteiger partial charge in [-0.25, -0.2) is 14.2 Å². The fourth-order valence-corrected chi connectivity index (χ4v) is 9.57. The molecule has 0 aliphatic carbocycles. The minimum atomic E-state index is -4.73. The lowest BCUT2D eigenvalue weighted by atomic mass is 9.72. The molecule has 0 bridgehead atoms. The standard InChI is InChI=1S/C42H40F4N8O6S/c43-32-16-26(15-29-30(32)19-51(37(29)58)20-35(56)48-38-47-10-14-61-38)25-1-3-27(4-2-25)52-21-40(22-52)23-53(24-40)36(57)18-41(60)8-12-50(13-9-41)33-6-5-28(17-31(33)42(44,45)46)54-11-7-34(55)49-39(54)59/h1-6,10,14-17,60H,7-9,11-13,18-24H2,(H,47,48,56)(H,49,55,59). The number of nitrogens with zero attached hydrogens (tertiary/aromatic N) is 6. The summed E-state index contributed by atoms with van der Waals surface area (Å²) in [5.41, 5.74) is 0.236. The highest BCUT2D eigenvalue weighted by Crippen LogP contribution is 2.44. The van der Waals surface area contributed by atoms with E-state index in [-0.39, 0.29) is 92.2 Å². The number of aromatic nitrogens is 1. The normalized spacial score (nSPS) is 19.4. The maximum absolute atomic E-state index is 15.3. The SMILES string of the molecule is O=C1CCN(c2ccc(N3CCC(O)(CC(=O)N4CC5(C4)CN(c4ccc(-c6cc(F)c7c(c6)C(=O)N(CC(=O)Nc6nccs6)C7)cc4)C5)CC3)c(C(F)(F)F)c2)C(=O)N1. The van der Waals surface area contributed by atoms with Gasteiger partial charge in [-0.2, -0.15) is 13.2 Å². The van der Waals surface area contributed by atoms with Gasteiger partial charge in [0.2, 0.25) is 17.7 Å². The Morgan fingerprint density at radius 3 is 2.30 bits per heavy atom. The molecule has 5 aliphatic heterocycles. The second-order valence-corrected chi connectivity index (χ2v) is 17.4. The fraction of sp³-hybridized carbons (Fsp3) is 0.381. The van der Waals surface area contributed by atoms with Crippen LogP contribution in [0.3, 0.4) is 0 Å². The van der Waals surface area contributed by atoms with Gasteiger partial charge in [0.15, 0.2) is 5.13 Å². The Labute approximate surface area is 350 Å². The van der Waals surface area contributed by atoms with Crippen LogP contribution >= 0.6 is 11.3 Å². The van der Waals surface area contributed by atoms with Gasteiger partial charge in [0.05, 0.1) is 24.1 Å². The van der Waals surface area contributed by atoms with Gasteiger partial charge in [-0.1, -0.05) is 12.1 Å². The van der Waals surface area contributed by atoms with E-state index < -0.39 is 46.9 Å². The molecule has 1 aromatic heterocycles. The zero-order valence-electron chi connectivity index (χ0n) is 32.6. The molecule has 4 fully saturated rings. The van der Waals surface area contributed by atoms with E-state index in [1.807, 2.05) is 24.3 Å². The Morgan fingerprint density at radius 1 is 0.902 bits per heavy atom. The maximum atomic E-state index is 15.3. The number of rotatable bonds is 9. The van der Waals surface area contributed by atoms with Crippen LogP contribution in [0.15, 0.2) is 66.2 Å². The number of alkyl halides is 3. The predicted octanol–water partition coefficient (Wildman–Crippen LogP) is 5.08. The highest BCUT2D eigenvalue weighted by atomic mass is 32.1. The molecular formula is C42H40F4N8O6S. The first-order chi connectivity index (χ1) is 29.1. The Kier molecular flexibility index (Phi) is 10.0. The Morgan fingerprint density at radius 2 is 1.62 bits per heavy atom. The van der Waals surface area contributed by atoms with Crippen molar-refractivity contribution in [1.29, 1.82) is 0 Å². The van der Waals surface area contributed by atoms with E-state index in [4.69, 9.17) is 0 Å². The van der Waals surface area contributed by atoms with Crippen molar-refractivity contribution in [1.82, 2.24) is 20.1 Å². The second kappa shape index (κ2) is 15.1. The predicted molar refractivity (Wildman–Crippen MR) is 217 cm³/mol. The molecule has 14 nitrogen and oxygen atoms in total. The van der Waals surface area contributed by atoms with E-state index in [0.29, 0.717) is 36.9 Å². The molecule has 0 radical (unpaired) electrons. The number of amides is 6. The first-order valence-electron chi connectivity index (χ1n) is 19.8. The smallest absolute Gasteiger partial charge is 0.389 e. The molecule has 19 heteroatoms. The topological polar surface area (TPSA) is 159 Å². The quantitative estimate of drug-likeness (QED) is 0.195. The number of halogens is 4. The molecule has 6 heterocycles. The van der Waals surface area contributed by atoms with Gasteiger partial charge in [0, 0.05) is 97.4 Å². The number of aliphatic hydroxyl groups is 1. The van der Waals surface area contributed by atoms with Crippen molar-refractivity contribution in [3.05, 3.63) is 88.7 Å². The Balaban J connectivity index is 0.755. The van der Waals surface area contributed by atoms with Gasteiger partial charge >= 0.3 is 12.2 Å². The number of fused-ring (bicyclic) bond motifs is 1. The molecule has 61 heavy (non-hydrogen) atoms. The van der Waals surface area contributed by atoms with Gasteiger partial charge in [-0.05, 0) is 66.4 Å². The van der Waals surface area contributed by atoms with Crippen molar-refractivity contribution in [2.45, 2.75) is 44.0 Å². The molecule has 318 valence electrons. The summed E-state index contributed by atoms with van der Waals surface area (Å²) in [4.78, 5) is 74.6. The van der Waals surface area contributed by atoms with Crippen LogP contribution < -0.4 is 25.3 Å². The van der Waals surface area contributed by atoms with Crippen LogP contribution in [0.25, 0.3) is 11.1 Å². The molecule has 0 unspecified atom stereocenters. The zero-order valence-corrected chi connectivity index (χ0v) is 33.5. The highest BCUT2D eigenvalue weighted by molar-refractivity contribution is 7.13. The number of hydrogen-bond acceptors (Lipinski definition) is 10. The highest BCUT2D eigenvalue weighted by Gasteiger charge is 2.54. The number of piperidine rings is 1. The summed E-state index contributed by atoms with van der Waals surface area (Å²) in [5.74, 6) is -2.06. The van der Waals surface area contributed by atoms with Crippen LogP contribution in [-0.2, 0) is 27.1 Å². The Bertz CT molecular complexity index is 2430. The van der Waals surface area contributed by atoms with Crippen LogP contribution in [0.4, 0.5) is 44.5 Å². The molecule has 9 rings (SSSR count). The number of nitrogens with one attached hydrogen (secondary N) is 2. The molecule has 5 aliphatic rings. The van der Waals surface area contributed by atoms with E-state index in [1.54, 1.807) is 22.5 Å². The largest absolute Gasteiger partial charge is 0.418 e. The Hall–Kier alpha value is -6.08. The van der Waals surface area contributed by atoms with Crippen LogP contribution in [0.5, 0.6) is 0 Å². The second-order valence-electron chi connectivity index (χ2n) is 16.5. The number of likely N-dealkylation sites (tertiary alicyclic amines) is 1. The number of carbonyl (C=O) groups excluding carboxylic acids is 5. The van der Waals surface area contributed by atoms with E-state index in [2.05, 4.69) is 20.5 Å². The summed E-state index contributed by atoms with van der Waals surface area (Å²) in [6.45, 7) is 2.39. The van der Waals surface area contributed by atoms with E-state index in [9.17, 15) is 42.3 Å². The first-order valence-corrected chi connectivity index (χ1v) is 20.7. The monoisotopic (exact) mass is 860 g/mol. The molecule has 3 N–H and O–H groups in total. The molecule has 3 aromatic carbocycles. The number of thiazole rings is 1. The summed E-state index contributed by atoms with van der Waals surface area (Å²) < 4.78 is 58.1. The summed E-state index contributed by atoms with van der Waals surface area (Å²) in [5, 5.41) is 18.3. The summed E-state index contributed by atoms with van der Waals surface area (Å²) in [6.07, 6.45) is -3.15. The number of benzene rings is 3. The first kappa shape index (κ1) is 40.3. The lowest BCUT2D eigenvalue weighted by Crippen LogP contribution is -2.73. The van der Waals surface area contributed by atoms with Crippen molar-refractivity contribution in [3.8, 4) is 11.1 Å². The minimum Gasteiger partial charge on any atom is -0.389 e. The van der Waals surface area contributed by atoms with Crippen molar-refractivity contribution >= 4 is 63.2 Å². The molecule has 0 saturated carbocycles. The number of hydrogen-bond donors (Lipinski definition) is 3. The molecule has 4 aromatic rings. The van der Waals surface area contributed by atoms with Crippen LogP contribution in [-0.4, -0.2) is 108 Å². The number of carbonyl (C=O) groups is 5. The summed E-state index contributed by atoms with van der Waals surface area (Å²) >= 11 is 1.25. The van der Waals surface area contributed by atoms with E-state index >= 15 is 4.39 Å². The van der Waals surface area contributed by atoms with Crippen molar-refractivity contribution in [2.24, 2.45) is 5.41 Å². The maximum Gasteiger partial charge on any atom is 0.418 e. The van der Waals surface area contributed by atoms with Gasteiger partial charge in [0.25, 0.3) is 5.91 Å². The van der Waals surface area contributed by atoms with Crippen LogP contribution in [0.1, 0.15) is 47.2 Å². The lowest BCUT2D eigenvalue weighted by molar-refractivity contribution is -0.151. The molecule has 1 spiro atoms. The van der Waals surface area contributed by atoms with Crippen molar-refractivity contribution in [3.63, 3.8) is 0 Å².